The van der Waals surface area contributed by atoms with Gasteiger partial charge in [0.15, 0.2) is 6.29 Å². The fourth-order valence-corrected chi connectivity index (χ4v) is 2.64. The molecule has 148 valence electrons. The fraction of sp³-hybridized carbons (Fsp3) is 0.211. The first-order chi connectivity index (χ1) is 13.1. The highest BCUT2D eigenvalue weighted by Crippen LogP contribution is 2.35. The Morgan fingerprint density at radius 1 is 0.964 bits per heavy atom. The third kappa shape index (κ3) is 3.54. The molecule has 9 nitrogen and oxygen atoms in total. The van der Waals surface area contributed by atoms with Crippen LogP contribution in [0.3, 0.4) is 0 Å². The van der Waals surface area contributed by atoms with Crippen LogP contribution >= 0.6 is 0 Å². The summed E-state index contributed by atoms with van der Waals surface area (Å²) in [4.78, 5) is 35.4. The van der Waals surface area contributed by atoms with Crippen LogP contribution in [-0.2, 0) is 16.1 Å². The van der Waals surface area contributed by atoms with Crippen molar-refractivity contribution in [1.82, 2.24) is 0 Å². The van der Waals surface area contributed by atoms with E-state index >= 15 is 0 Å². The number of phenolic OH excluding ortho intramolecular Hbond substituents is 4. The van der Waals surface area contributed by atoms with E-state index in [1.54, 1.807) is 0 Å². The molecule has 4 N–H and O–H groups in total. The van der Waals surface area contributed by atoms with Crippen molar-refractivity contribution in [3.8, 4) is 23.0 Å². The van der Waals surface area contributed by atoms with Gasteiger partial charge in [-0.3, -0.25) is 4.79 Å². The largest absolute Gasteiger partial charge is 0.508 e. The highest BCUT2D eigenvalue weighted by molar-refractivity contribution is 5.99. The maximum atomic E-state index is 12.4. The average Bonchev–Trinajstić information content (AvgIpc) is 2.63. The lowest BCUT2D eigenvalue weighted by molar-refractivity contribution is 0.0455. The average molecular weight is 390 g/mol. The number of aromatic hydroxyl groups is 4. The van der Waals surface area contributed by atoms with Crippen LogP contribution in [0, 0.1) is 13.8 Å². The number of phenols is 4. The molecule has 0 aliphatic heterocycles. The van der Waals surface area contributed by atoms with Crippen LogP contribution in [0.1, 0.15) is 47.8 Å². The van der Waals surface area contributed by atoms with E-state index in [1.165, 1.54) is 13.8 Å². The second-order valence-electron chi connectivity index (χ2n) is 5.94. The molecular formula is C19H18O9. The lowest BCUT2D eigenvalue weighted by atomic mass is 10.0. The second-order valence-corrected chi connectivity index (χ2v) is 5.94. The summed E-state index contributed by atoms with van der Waals surface area (Å²) >= 11 is 0. The van der Waals surface area contributed by atoms with Gasteiger partial charge < -0.3 is 29.9 Å². The number of hydrogen-bond donors (Lipinski definition) is 4. The monoisotopic (exact) mass is 390 g/mol. The summed E-state index contributed by atoms with van der Waals surface area (Å²) in [6, 6.07) is 2.25. The SMILES string of the molecule is COC(=O)c1c(COC(=O)c2c(C)cc(O)c(C=O)c2O)cc(O)c(C)c1O. The molecule has 0 bridgehead atoms. The van der Waals surface area contributed by atoms with Gasteiger partial charge in [0, 0.05) is 11.1 Å². The summed E-state index contributed by atoms with van der Waals surface area (Å²) in [5.74, 6) is -4.05. The number of aryl methyl sites for hydroxylation is 1. The van der Waals surface area contributed by atoms with E-state index in [-0.39, 0.29) is 39.9 Å². The van der Waals surface area contributed by atoms with Crippen LogP contribution in [0.15, 0.2) is 12.1 Å². The first-order valence-corrected chi connectivity index (χ1v) is 7.94. The van der Waals surface area contributed by atoms with Crippen molar-refractivity contribution in [1.29, 1.82) is 0 Å². The molecule has 0 radical (unpaired) electrons. The van der Waals surface area contributed by atoms with Crippen LogP contribution in [0.25, 0.3) is 0 Å². The highest BCUT2D eigenvalue weighted by atomic mass is 16.5. The lowest BCUT2D eigenvalue weighted by Gasteiger charge is -2.15. The zero-order chi connectivity index (χ0) is 21.2. The molecule has 2 rings (SSSR count). The van der Waals surface area contributed by atoms with Crippen LogP contribution < -0.4 is 0 Å². The number of carbonyl (C=O) groups excluding carboxylic acids is 3. The van der Waals surface area contributed by atoms with E-state index < -0.39 is 41.4 Å². The van der Waals surface area contributed by atoms with Gasteiger partial charge in [0.1, 0.15) is 40.7 Å². The minimum atomic E-state index is -1.05. The van der Waals surface area contributed by atoms with Crippen molar-refractivity contribution < 1.29 is 44.3 Å². The van der Waals surface area contributed by atoms with Crippen LogP contribution in [0.2, 0.25) is 0 Å². The molecule has 0 unspecified atom stereocenters. The minimum absolute atomic E-state index is 0.0349. The van der Waals surface area contributed by atoms with Gasteiger partial charge in [-0.25, -0.2) is 9.59 Å². The maximum Gasteiger partial charge on any atom is 0.342 e. The number of aldehydes is 1. The quantitative estimate of drug-likeness (QED) is 0.444. The molecule has 2 aromatic rings. The number of hydrogen-bond acceptors (Lipinski definition) is 9. The first kappa shape index (κ1) is 20.6. The molecule has 0 aromatic heterocycles. The Labute approximate surface area is 159 Å². The van der Waals surface area contributed by atoms with Crippen LogP contribution in [-0.4, -0.2) is 45.8 Å². The molecule has 28 heavy (non-hydrogen) atoms. The van der Waals surface area contributed by atoms with E-state index in [2.05, 4.69) is 4.74 Å². The molecular weight excluding hydrogens is 372 g/mol. The van der Waals surface area contributed by atoms with Gasteiger partial charge >= 0.3 is 11.9 Å². The van der Waals surface area contributed by atoms with Gasteiger partial charge in [-0.1, -0.05) is 0 Å². The molecule has 0 saturated carbocycles. The summed E-state index contributed by atoms with van der Waals surface area (Å²) in [6.45, 7) is 2.24. The van der Waals surface area contributed by atoms with E-state index in [0.29, 0.717) is 0 Å². The van der Waals surface area contributed by atoms with Crippen molar-refractivity contribution in [2.24, 2.45) is 0 Å². The smallest absolute Gasteiger partial charge is 0.342 e. The number of ether oxygens (including phenoxy) is 2. The Kier molecular flexibility index (Phi) is 5.78. The summed E-state index contributed by atoms with van der Waals surface area (Å²) in [5, 5.41) is 39.7. The number of esters is 2. The van der Waals surface area contributed by atoms with Gasteiger partial charge in [0.05, 0.1) is 12.7 Å². The maximum absolute atomic E-state index is 12.4. The number of benzene rings is 2. The van der Waals surface area contributed by atoms with Crippen LogP contribution in [0.5, 0.6) is 23.0 Å². The van der Waals surface area contributed by atoms with Gasteiger partial charge in [0.25, 0.3) is 0 Å². The molecule has 0 saturated heterocycles. The number of carbonyl (C=O) groups is 3. The molecule has 0 heterocycles. The lowest BCUT2D eigenvalue weighted by Crippen LogP contribution is -2.12. The first-order valence-electron chi connectivity index (χ1n) is 7.94. The zero-order valence-electron chi connectivity index (χ0n) is 15.3. The Balaban J connectivity index is 2.42. The molecule has 0 fully saturated rings. The zero-order valence-corrected chi connectivity index (χ0v) is 15.3. The normalized spacial score (nSPS) is 10.4. The highest BCUT2D eigenvalue weighted by Gasteiger charge is 2.25. The Morgan fingerprint density at radius 2 is 1.61 bits per heavy atom. The number of rotatable bonds is 5. The summed E-state index contributed by atoms with van der Waals surface area (Å²) in [7, 11) is 1.10. The molecule has 0 atom stereocenters. The van der Waals surface area contributed by atoms with Crippen molar-refractivity contribution in [3.63, 3.8) is 0 Å². The van der Waals surface area contributed by atoms with Crippen LogP contribution in [0.4, 0.5) is 0 Å². The van der Waals surface area contributed by atoms with Crippen molar-refractivity contribution in [3.05, 3.63) is 45.5 Å². The molecule has 2 aromatic carbocycles. The third-order valence-corrected chi connectivity index (χ3v) is 4.19. The van der Waals surface area contributed by atoms with E-state index in [0.717, 1.165) is 19.2 Å². The van der Waals surface area contributed by atoms with Gasteiger partial charge in [-0.05, 0) is 31.5 Å². The Morgan fingerprint density at radius 3 is 2.18 bits per heavy atom. The van der Waals surface area contributed by atoms with Gasteiger partial charge in [-0.15, -0.1) is 0 Å². The number of methoxy groups -OCH3 is 1. The molecule has 0 spiro atoms. The third-order valence-electron chi connectivity index (χ3n) is 4.19. The standard InChI is InChI=1S/C19H18O9/c1-8-4-13(22)11(6-20)17(24)14(8)19(26)28-7-10-5-12(21)9(2)16(23)15(10)18(25)27-3/h4-6,21-24H,7H2,1-3H3. The molecule has 0 aliphatic rings. The van der Waals surface area contributed by atoms with Crippen molar-refractivity contribution >= 4 is 18.2 Å². The Bertz CT molecular complexity index is 976. The molecule has 0 amide bonds. The predicted molar refractivity (Wildman–Crippen MR) is 94.9 cm³/mol. The second kappa shape index (κ2) is 7.87. The summed E-state index contributed by atoms with van der Waals surface area (Å²) in [5.41, 5.74) is -0.955. The molecule has 0 aliphatic carbocycles. The van der Waals surface area contributed by atoms with Crippen molar-refractivity contribution in [2.45, 2.75) is 20.5 Å². The topological polar surface area (TPSA) is 151 Å². The summed E-state index contributed by atoms with van der Waals surface area (Å²) < 4.78 is 9.67. The Hall–Kier alpha value is -3.75. The van der Waals surface area contributed by atoms with E-state index in [1.807, 2.05) is 0 Å². The van der Waals surface area contributed by atoms with E-state index in [4.69, 9.17) is 4.74 Å². The molecule has 9 heteroatoms. The van der Waals surface area contributed by atoms with Crippen molar-refractivity contribution in [2.75, 3.05) is 7.11 Å². The summed E-state index contributed by atoms with van der Waals surface area (Å²) in [6.07, 6.45) is 0.187. The van der Waals surface area contributed by atoms with Gasteiger partial charge in [0.2, 0.25) is 0 Å². The van der Waals surface area contributed by atoms with Gasteiger partial charge in [-0.2, -0.15) is 0 Å². The van der Waals surface area contributed by atoms with E-state index in [9.17, 15) is 34.8 Å². The minimum Gasteiger partial charge on any atom is -0.508 e. The fourth-order valence-electron chi connectivity index (χ4n) is 2.64. The predicted octanol–water partition coefficient (Wildman–Crippen LogP) is 2.08.